The van der Waals surface area contributed by atoms with Crippen LogP contribution in [0.25, 0.3) is 0 Å². The minimum absolute atomic E-state index is 0.220. The highest BCUT2D eigenvalue weighted by Gasteiger charge is 2.34. The lowest BCUT2D eigenvalue weighted by Gasteiger charge is -2.28. The van der Waals surface area contributed by atoms with Crippen LogP contribution >= 0.6 is 0 Å². The molecule has 0 heterocycles. The lowest BCUT2D eigenvalue weighted by molar-refractivity contribution is -0.136. The summed E-state index contributed by atoms with van der Waals surface area (Å²) in [4.78, 5) is 37.2. The molecule has 6 heteroatoms. The third-order valence-electron chi connectivity index (χ3n) is 3.54. The molecule has 0 aromatic heterocycles. The fourth-order valence-corrected chi connectivity index (χ4v) is 2.22. The number of carbonyl (C=O) groups is 3. The highest BCUT2D eigenvalue weighted by molar-refractivity contribution is 5.97. The summed E-state index contributed by atoms with van der Waals surface area (Å²) < 4.78 is 5.14. The molecule has 0 saturated carbocycles. The van der Waals surface area contributed by atoms with Crippen LogP contribution in [0.4, 0.5) is 4.79 Å². The molecule has 23 heavy (non-hydrogen) atoms. The third-order valence-corrected chi connectivity index (χ3v) is 3.54. The first kappa shape index (κ1) is 21.6. The first-order valence-corrected chi connectivity index (χ1v) is 8.59. The van der Waals surface area contributed by atoms with Gasteiger partial charge in [-0.15, -0.1) is 0 Å². The maximum atomic E-state index is 12.6. The molecule has 6 nitrogen and oxygen atoms in total. The molecule has 0 aromatic rings. The van der Waals surface area contributed by atoms with Crippen molar-refractivity contribution in [3.05, 3.63) is 0 Å². The number of unbranched alkanes of at least 4 members (excludes halogenated alkanes) is 2. The minimum atomic E-state index is -0.810. The Balaban J connectivity index is 5.13. The summed E-state index contributed by atoms with van der Waals surface area (Å²) in [5.41, 5.74) is 5.92. The Morgan fingerprint density at radius 1 is 1.17 bits per heavy atom. The van der Waals surface area contributed by atoms with Crippen molar-refractivity contribution in [1.82, 2.24) is 4.90 Å². The van der Waals surface area contributed by atoms with E-state index >= 15 is 0 Å². The maximum absolute atomic E-state index is 12.6. The zero-order chi connectivity index (χ0) is 17.8. The van der Waals surface area contributed by atoms with Gasteiger partial charge in [0.2, 0.25) is 5.91 Å². The van der Waals surface area contributed by atoms with Gasteiger partial charge in [0, 0.05) is 0 Å². The predicted molar refractivity (Wildman–Crippen MR) is 89.9 cm³/mol. The molecule has 0 fully saturated rings. The minimum Gasteiger partial charge on any atom is -0.449 e. The van der Waals surface area contributed by atoms with Crippen LogP contribution in [0.3, 0.4) is 0 Å². The van der Waals surface area contributed by atoms with Crippen molar-refractivity contribution < 1.29 is 19.1 Å². The Morgan fingerprint density at radius 2 is 1.78 bits per heavy atom. The highest BCUT2D eigenvalue weighted by Crippen LogP contribution is 2.14. The standard InChI is InChI=1S/C17H32N2O4/c1-5-7-9-14(12-20)19(17(22)23-10-8-6-2)16(21)15(18)11-13(3)4/h12-15H,5-11,18H2,1-4H3/t14-,15-/m0/s1. The number of ether oxygens (including phenoxy) is 1. The summed E-state index contributed by atoms with van der Waals surface area (Å²) in [6.45, 7) is 8.09. The molecule has 0 rings (SSSR count). The molecule has 0 aliphatic heterocycles. The molecule has 0 aliphatic carbocycles. The molecule has 134 valence electrons. The second kappa shape index (κ2) is 12.0. The van der Waals surface area contributed by atoms with E-state index in [-0.39, 0.29) is 12.5 Å². The molecule has 0 radical (unpaired) electrons. The summed E-state index contributed by atoms with van der Waals surface area (Å²) in [5.74, 6) is -0.314. The van der Waals surface area contributed by atoms with E-state index in [1.165, 1.54) is 0 Å². The van der Waals surface area contributed by atoms with Gasteiger partial charge in [-0.1, -0.05) is 47.0 Å². The second-order valence-corrected chi connectivity index (χ2v) is 6.26. The number of amides is 2. The van der Waals surface area contributed by atoms with Crippen molar-refractivity contribution in [1.29, 1.82) is 0 Å². The molecule has 2 N–H and O–H groups in total. The Labute approximate surface area is 139 Å². The van der Waals surface area contributed by atoms with Crippen LogP contribution in [0.2, 0.25) is 0 Å². The van der Waals surface area contributed by atoms with E-state index < -0.39 is 24.1 Å². The van der Waals surface area contributed by atoms with Gasteiger partial charge in [0.15, 0.2) is 0 Å². The molecule has 0 bridgehead atoms. The van der Waals surface area contributed by atoms with Crippen LogP contribution in [-0.4, -0.2) is 41.9 Å². The molecule has 0 spiro atoms. The monoisotopic (exact) mass is 328 g/mol. The van der Waals surface area contributed by atoms with Gasteiger partial charge in [-0.05, 0) is 25.2 Å². The Bertz CT molecular complexity index is 372. The topological polar surface area (TPSA) is 89.7 Å². The zero-order valence-corrected chi connectivity index (χ0v) is 14.9. The zero-order valence-electron chi connectivity index (χ0n) is 14.9. The van der Waals surface area contributed by atoms with Crippen molar-refractivity contribution in [3.63, 3.8) is 0 Å². The van der Waals surface area contributed by atoms with E-state index in [9.17, 15) is 14.4 Å². The van der Waals surface area contributed by atoms with Crippen LogP contribution in [0, 0.1) is 5.92 Å². The van der Waals surface area contributed by atoms with Gasteiger partial charge in [0.1, 0.15) is 6.29 Å². The first-order chi connectivity index (χ1) is 10.9. The van der Waals surface area contributed by atoms with E-state index in [0.717, 1.165) is 24.2 Å². The summed E-state index contributed by atoms with van der Waals surface area (Å²) in [6, 6.07) is -1.62. The van der Waals surface area contributed by atoms with E-state index in [0.29, 0.717) is 25.5 Å². The van der Waals surface area contributed by atoms with Gasteiger partial charge < -0.3 is 15.3 Å². The summed E-state index contributed by atoms with van der Waals surface area (Å²) in [6.07, 6.45) is 3.96. The molecular weight excluding hydrogens is 296 g/mol. The first-order valence-electron chi connectivity index (χ1n) is 8.59. The summed E-state index contributed by atoms with van der Waals surface area (Å²) in [5, 5.41) is 0. The molecule has 0 saturated heterocycles. The average molecular weight is 328 g/mol. The van der Waals surface area contributed by atoms with Gasteiger partial charge in [0.25, 0.3) is 0 Å². The molecular formula is C17H32N2O4. The Morgan fingerprint density at radius 3 is 2.26 bits per heavy atom. The number of imide groups is 1. The molecule has 2 amide bonds. The third kappa shape index (κ3) is 8.11. The van der Waals surface area contributed by atoms with E-state index in [4.69, 9.17) is 10.5 Å². The average Bonchev–Trinajstić information content (AvgIpc) is 2.50. The normalized spacial score (nSPS) is 13.5. The number of nitrogens with zero attached hydrogens (tertiary/aromatic N) is 1. The number of aldehydes is 1. The van der Waals surface area contributed by atoms with Gasteiger partial charge in [-0.3, -0.25) is 4.79 Å². The van der Waals surface area contributed by atoms with Gasteiger partial charge >= 0.3 is 6.09 Å². The van der Waals surface area contributed by atoms with Crippen LogP contribution in [-0.2, 0) is 14.3 Å². The summed E-state index contributed by atoms with van der Waals surface area (Å²) in [7, 11) is 0. The Hall–Kier alpha value is -1.43. The van der Waals surface area contributed by atoms with Crippen LogP contribution in [0.15, 0.2) is 0 Å². The van der Waals surface area contributed by atoms with Crippen molar-refractivity contribution in [2.24, 2.45) is 11.7 Å². The smallest absolute Gasteiger partial charge is 0.417 e. The number of nitrogens with two attached hydrogens (primary N) is 1. The molecule has 0 aliphatic rings. The van der Waals surface area contributed by atoms with E-state index in [1.807, 2.05) is 27.7 Å². The highest BCUT2D eigenvalue weighted by atomic mass is 16.6. The largest absolute Gasteiger partial charge is 0.449 e. The Kier molecular flexibility index (Phi) is 11.3. The van der Waals surface area contributed by atoms with Gasteiger partial charge in [-0.25, -0.2) is 9.69 Å². The van der Waals surface area contributed by atoms with Crippen molar-refractivity contribution in [3.8, 4) is 0 Å². The van der Waals surface area contributed by atoms with Gasteiger partial charge in [-0.2, -0.15) is 0 Å². The van der Waals surface area contributed by atoms with Crippen molar-refractivity contribution >= 4 is 18.3 Å². The SMILES string of the molecule is CCCCOC(=O)N(C(=O)[C@@H](N)CC(C)C)[C@H](C=O)CCCC. The maximum Gasteiger partial charge on any atom is 0.417 e. The summed E-state index contributed by atoms with van der Waals surface area (Å²) >= 11 is 0. The van der Waals surface area contributed by atoms with Crippen LogP contribution < -0.4 is 5.73 Å². The van der Waals surface area contributed by atoms with Crippen LogP contribution in [0.1, 0.15) is 66.2 Å². The van der Waals surface area contributed by atoms with Crippen molar-refractivity contribution in [2.45, 2.75) is 78.3 Å². The molecule has 0 unspecified atom stereocenters. The molecule has 2 atom stereocenters. The van der Waals surface area contributed by atoms with Gasteiger partial charge in [0.05, 0.1) is 18.7 Å². The second-order valence-electron chi connectivity index (χ2n) is 6.26. The number of hydrogen-bond donors (Lipinski definition) is 1. The van der Waals surface area contributed by atoms with E-state index in [2.05, 4.69) is 0 Å². The molecule has 0 aromatic carbocycles. The number of carbonyl (C=O) groups excluding carboxylic acids is 3. The lowest BCUT2D eigenvalue weighted by atomic mass is 10.0. The quantitative estimate of drug-likeness (QED) is 0.465. The number of hydrogen-bond acceptors (Lipinski definition) is 5. The fourth-order valence-electron chi connectivity index (χ4n) is 2.22. The fraction of sp³-hybridized carbons (Fsp3) is 0.824. The number of rotatable bonds is 11. The lowest BCUT2D eigenvalue weighted by Crippen LogP contribution is -2.52. The van der Waals surface area contributed by atoms with E-state index in [1.54, 1.807) is 0 Å². The predicted octanol–water partition coefficient (Wildman–Crippen LogP) is 2.88. The van der Waals surface area contributed by atoms with Crippen molar-refractivity contribution in [2.75, 3.05) is 6.61 Å². The van der Waals surface area contributed by atoms with Crippen LogP contribution in [0.5, 0.6) is 0 Å².